The van der Waals surface area contributed by atoms with Gasteiger partial charge in [-0.3, -0.25) is 5.32 Å². The third kappa shape index (κ3) is 4.02. The van der Waals surface area contributed by atoms with Crippen LogP contribution in [0.3, 0.4) is 0 Å². The van der Waals surface area contributed by atoms with Gasteiger partial charge in [0.15, 0.2) is 0 Å². The van der Waals surface area contributed by atoms with Gasteiger partial charge >= 0.3 is 13.2 Å². The molecule has 2 heterocycles. The Kier molecular flexibility index (Phi) is 4.92. The van der Waals surface area contributed by atoms with E-state index in [9.17, 15) is 4.79 Å². The van der Waals surface area contributed by atoms with E-state index in [2.05, 4.69) is 10.3 Å². The standard InChI is InChI=1S/C16H24BClN2O4/c1-14(2,3)22-13(21)20-10-8-9-19-12(18)11(10)17-23-15(4,5)16(6,7)24-17/h8-9H,1-7H3,(H,19,20,21). The van der Waals surface area contributed by atoms with Gasteiger partial charge in [0.1, 0.15) is 10.8 Å². The van der Waals surface area contributed by atoms with Crippen LogP contribution in [0.15, 0.2) is 12.3 Å². The molecular weight excluding hydrogens is 330 g/mol. The Morgan fingerprint density at radius 3 is 2.29 bits per heavy atom. The molecule has 0 spiro atoms. The molecule has 1 fully saturated rings. The Bertz CT molecular complexity index is 627. The van der Waals surface area contributed by atoms with Gasteiger partial charge in [0.05, 0.1) is 11.2 Å². The van der Waals surface area contributed by atoms with Crippen molar-refractivity contribution in [1.29, 1.82) is 0 Å². The first-order chi connectivity index (χ1) is 10.8. The molecule has 6 nitrogen and oxygen atoms in total. The molecule has 1 amide bonds. The zero-order valence-corrected chi connectivity index (χ0v) is 15.9. The van der Waals surface area contributed by atoms with Gasteiger partial charge in [-0.25, -0.2) is 9.78 Å². The molecule has 0 atom stereocenters. The molecule has 0 bridgehead atoms. The molecule has 1 aliphatic heterocycles. The Labute approximate surface area is 148 Å². The Hall–Kier alpha value is -1.31. The molecule has 0 aliphatic carbocycles. The van der Waals surface area contributed by atoms with Crippen molar-refractivity contribution in [3.8, 4) is 0 Å². The molecule has 1 aliphatic rings. The number of rotatable bonds is 2. The molecule has 1 aromatic heterocycles. The number of nitrogens with zero attached hydrogens (tertiary/aromatic N) is 1. The molecule has 132 valence electrons. The zero-order chi connectivity index (χ0) is 18.3. The van der Waals surface area contributed by atoms with Gasteiger partial charge in [-0.2, -0.15) is 0 Å². The summed E-state index contributed by atoms with van der Waals surface area (Å²) in [4.78, 5) is 16.2. The summed E-state index contributed by atoms with van der Waals surface area (Å²) in [6, 6.07) is 1.64. The van der Waals surface area contributed by atoms with Gasteiger partial charge in [-0.15, -0.1) is 0 Å². The van der Waals surface area contributed by atoms with Crippen molar-refractivity contribution in [2.75, 3.05) is 5.32 Å². The van der Waals surface area contributed by atoms with Crippen molar-refractivity contribution in [3.05, 3.63) is 17.4 Å². The highest BCUT2D eigenvalue weighted by Gasteiger charge is 2.53. The quantitative estimate of drug-likeness (QED) is 0.651. The van der Waals surface area contributed by atoms with Crippen LogP contribution in [0.1, 0.15) is 48.5 Å². The van der Waals surface area contributed by atoms with Crippen LogP contribution in [0.25, 0.3) is 0 Å². The number of hydrogen-bond acceptors (Lipinski definition) is 5. The first-order valence-corrected chi connectivity index (χ1v) is 8.20. The van der Waals surface area contributed by atoms with Crippen molar-refractivity contribution in [2.24, 2.45) is 0 Å². The minimum atomic E-state index is -0.735. The highest BCUT2D eigenvalue weighted by molar-refractivity contribution is 6.67. The van der Waals surface area contributed by atoms with Gasteiger partial charge in [0.25, 0.3) is 0 Å². The molecule has 0 radical (unpaired) electrons. The van der Waals surface area contributed by atoms with Gasteiger partial charge < -0.3 is 14.0 Å². The highest BCUT2D eigenvalue weighted by Crippen LogP contribution is 2.37. The van der Waals surface area contributed by atoms with E-state index in [0.717, 1.165) is 0 Å². The minimum absolute atomic E-state index is 0.210. The predicted octanol–water partition coefficient (Wildman–Crippen LogP) is 3.38. The first kappa shape index (κ1) is 19.0. The minimum Gasteiger partial charge on any atom is -0.444 e. The van der Waals surface area contributed by atoms with Crippen LogP contribution in [-0.2, 0) is 14.0 Å². The van der Waals surface area contributed by atoms with E-state index in [1.165, 1.54) is 6.20 Å². The van der Waals surface area contributed by atoms with Crippen LogP contribution in [0, 0.1) is 0 Å². The molecule has 1 saturated heterocycles. The van der Waals surface area contributed by atoms with Crippen LogP contribution in [0.2, 0.25) is 5.15 Å². The van der Waals surface area contributed by atoms with Gasteiger partial charge in [-0.05, 0) is 54.5 Å². The summed E-state index contributed by atoms with van der Waals surface area (Å²) in [6.07, 6.45) is 0.923. The largest absolute Gasteiger partial charge is 0.500 e. The van der Waals surface area contributed by atoms with Crippen molar-refractivity contribution in [1.82, 2.24) is 4.98 Å². The third-order valence-corrected chi connectivity index (χ3v) is 4.37. The van der Waals surface area contributed by atoms with Gasteiger partial charge in [0, 0.05) is 17.3 Å². The van der Waals surface area contributed by atoms with Crippen LogP contribution >= 0.6 is 11.6 Å². The summed E-state index contributed by atoms with van der Waals surface area (Å²) in [5, 5.41) is 2.90. The maximum Gasteiger partial charge on any atom is 0.500 e. The molecular formula is C16H24BClN2O4. The van der Waals surface area contributed by atoms with E-state index in [1.54, 1.807) is 26.8 Å². The summed E-state index contributed by atoms with van der Waals surface area (Å²) in [6.45, 7) is 13.1. The Morgan fingerprint density at radius 2 is 1.79 bits per heavy atom. The molecule has 1 N–H and O–H groups in total. The monoisotopic (exact) mass is 354 g/mol. The van der Waals surface area contributed by atoms with Crippen molar-refractivity contribution in [3.63, 3.8) is 0 Å². The zero-order valence-electron chi connectivity index (χ0n) is 15.2. The average Bonchev–Trinajstić information content (AvgIpc) is 2.55. The van der Waals surface area contributed by atoms with Crippen LogP contribution in [0.4, 0.5) is 10.5 Å². The fraction of sp³-hybridized carbons (Fsp3) is 0.625. The molecule has 0 unspecified atom stereocenters. The lowest BCUT2D eigenvalue weighted by Crippen LogP contribution is -2.41. The second-order valence-electron chi connectivity index (χ2n) is 7.78. The van der Waals surface area contributed by atoms with E-state index < -0.39 is 30.0 Å². The second-order valence-corrected chi connectivity index (χ2v) is 8.14. The lowest BCUT2D eigenvalue weighted by atomic mass is 9.79. The summed E-state index contributed by atoms with van der Waals surface area (Å²) in [5.74, 6) is 0. The van der Waals surface area contributed by atoms with Crippen molar-refractivity contribution >= 4 is 36.0 Å². The SMILES string of the molecule is CC(C)(C)OC(=O)Nc1ccnc(Cl)c1B1OC(C)(C)C(C)(C)O1. The number of carbonyl (C=O) groups is 1. The number of carbonyl (C=O) groups excluding carboxylic acids is 1. The molecule has 0 saturated carbocycles. The smallest absolute Gasteiger partial charge is 0.444 e. The fourth-order valence-electron chi connectivity index (χ4n) is 2.16. The van der Waals surface area contributed by atoms with Crippen LogP contribution < -0.4 is 10.8 Å². The second kappa shape index (κ2) is 6.21. The van der Waals surface area contributed by atoms with Crippen LogP contribution in [0.5, 0.6) is 0 Å². The molecule has 8 heteroatoms. The number of anilines is 1. The average molecular weight is 355 g/mol. The number of amides is 1. The van der Waals surface area contributed by atoms with E-state index in [0.29, 0.717) is 11.2 Å². The maximum atomic E-state index is 12.1. The van der Waals surface area contributed by atoms with E-state index in [4.69, 9.17) is 25.6 Å². The third-order valence-electron chi connectivity index (χ3n) is 4.07. The van der Waals surface area contributed by atoms with Gasteiger partial charge in [0.2, 0.25) is 0 Å². The lowest BCUT2D eigenvalue weighted by molar-refractivity contribution is 0.00578. The number of hydrogen-bond donors (Lipinski definition) is 1. The number of aromatic nitrogens is 1. The molecule has 1 aromatic rings. The fourth-order valence-corrected chi connectivity index (χ4v) is 2.40. The normalized spacial score (nSPS) is 19.2. The van der Waals surface area contributed by atoms with Crippen molar-refractivity contribution in [2.45, 2.75) is 65.3 Å². The Balaban J connectivity index is 2.30. The molecule has 0 aromatic carbocycles. The maximum absolute atomic E-state index is 12.1. The van der Waals surface area contributed by atoms with Crippen molar-refractivity contribution < 1.29 is 18.8 Å². The Morgan fingerprint density at radius 1 is 1.25 bits per heavy atom. The van der Waals surface area contributed by atoms with Gasteiger partial charge in [-0.1, -0.05) is 11.6 Å². The number of halogens is 1. The van der Waals surface area contributed by atoms with E-state index >= 15 is 0 Å². The summed E-state index contributed by atoms with van der Waals surface area (Å²) in [5.41, 5.74) is -0.739. The topological polar surface area (TPSA) is 69.7 Å². The number of pyridine rings is 1. The summed E-state index contributed by atoms with van der Waals surface area (Å²) < 4.78 is 17.3. The van der Waals surface area contributed by atoms with E-state index in [1.807, 2.05) is 27.7 Å². The van der Waals surface area contributed by atoms with Crippen LogP contribution in [-0.4, -0.2) is 35.0 Å². The van der Waals surface area contributed by atoms with E-state index in [-0.39, 0.29) is 5.15 Å². The number of ether oxygens (including phenoxy) is 1. The lowest BCUT2D eigenvalue weighted by Gasteiger charge is -2.32. The molecule has 2 rings (SSSR count). The summed E-state index contributed by atoms with van der Waals surface area (Å²) in [7, 11) is -0.735. The first-order valence-electron chi connectivity index (χ1n) is 7.82. The summed E-state index contributed by atoms with van der Waals surface area (Å²) >= 11 is 6.25. The molecule has 24 heavy (non-hydrogen) atoms. The highest BCUT2D eigenvalue weighted by atomic mass is 35.5. The predicted molar refractivity (Wildman–Crippen MR) is 94.8 cm³/mol. The number of nitrogens with one attached hydrogen (secondary N) is 1.